The standard InChI is InChI=1S/2C22H26S2.Ni/c2*1-2-3-4-5-6-8-11-18-14-16-20(17-15-18)22(24)21(23)19-12-9-7-10-13-19;/h2*7,9-10,12-17H,2-6,8,11H2,1H3;. The van der Waals surface area contributed by atoms with Crippen LogP contribution in [0.3, 0.4) is 0 Å². The summed E-state index contributed by atoms with van der Waals surface area (Å²) in [6, 6.07) is 37.3. The molecule has 0 saturated heterocycles. The number of rotatable bonds is 20. The third-order valence-electron chi connectivity index (χ3n) is 8.55. The summed E-state index contributed by atoms with van der Waals surface area (Å²) < 4.78 is 0. The van der Waals surface area contributed by atoms with Gasteiger partial charge in [0, 0.05) is 16.5 Å². The van der Waals surface area contributed by atoms with Crippen molar-refractivity contribution in [2.45, 2.75) is 104 Å². The summed E-state index contributed by atoms with van der Waals surface area (Å²) in [7, 11) is 0. The minimum absolute atomic E-state index is 0. The third-order valence-corrected chi connectivity index (χ3v) is 10.6. The second-order valence-corrected chi connectivity index (χ2v) is 14.1. The van der Waals surface area contributed by atoms with E-state index in [0.717, 1.165) is 54.6 Å². The van der Waals surface area contributed by atoms with Crippen LogP contribution in [0, 0.1) is 0 Å². The number of thiocarbonyl (C=S) groups is 4. The Morgan fingerprint density at radius 3 is 0.918 bits per heavy atom. The van der Waals surface area contributed by atoms with Gasteiger partial charge in [0.15, 0.2) is 0 Å². The Kier molecular flexibility index (Phi) is 22.5. The molecule has 4 rings (SSSR count). The van der Waals surface area contributed by atoms with E-state index in [-0.39, 0.29) is 16.5 Å². The number of hydrogen-bond acceptors (Lipinski definition) is 4. The average molecular weight is 768 g/mol. The minimum atomic E-state index is 0. The monoisotopic (exact) mass is 766 g/mol. The van der Waals surface area contributed by atoms with Crippen LogP contribution in [-0.4, -0.2) is 19.5 Å². The molecular weight excluding hydrogens is 715 g/mol. The van der Waals surface area contributed by atoms with Gasteiger partial charge in [-0.05, 0) is 59.1 Å². The predicted octanol–water partition coefficient (Wildman–Crippen LogP) is 13.4. The molecule has 0 aliphatic heterocycles. The van der Waals surface area contributed by atoms with E-state index in [4.69, 9.17) is 48.9 Å². The molecule has 0 saturated carbocycles. The molecule has 4 aromatic carbocycles. The first-order valence-electron chi connectivity index (χ1n) is 17.9. The van der Waals surface area contributed by atoms with E-state index in [1.807, 2.05) is 60.7 Å². The summed E-state index contributed by atoms with van der Waals surface area (Å²) in [6.45, 7) is 4.52. The Morgan fingerprint density at radius 2 is 0.612 bits per heavy atom. The van der Waals surface area contributed by atoms with Crippen molar-refractivity contribution in [1.82, 2.24) is 0 Å². The van der Waals surface area contributed by atoms with Crippen LogP contribution in [-0.2, 0) is 29.3 Å². The fourth-order valence-electron chi connectivity index (χ4n) is 5.57. The van der Waals surface area contributed by atoms with E-state index in [2.05, 4.69) is 62.4 Å². The number of unbranched alkanes of at least 4 members (excludes halogenated alkanes) is 10. The summed E-state index contributed by atoms with van der Waals surface area (Å²) in [4.78, 5) is 3.05. The van der Waals surface area contributed by atoms with Gasteiger partial charge in [-0.15, -0.1) is 0 Å². The molecule has 0 spiro atoms. The molecule has 4 aromatic rings. The number of aryl methyl sites for hydroxylation is 2. The quantitative estimate of drug-likeness (QED) is 0.0380. The van der Waals surface area contributed by atoms with Crippen LogP contribution in [0.25, 0.3) is 0 Å². The fraction of sp³-hybridized carbons (Fsp3) is 0.364. The summed E-state index contributed by atoms with van der Waals surface area (Å²) in [6.07, 6.45) is 18.4. The van der Waals surface area contributed by atoms with Gasteiger partial charge >= 0.3 is 0 Å². The Hall–Kier alpha value is -2.27. The van der Waals surface area contributed by atoms with Gasteiger partial charge in [-0.2, -0.15) is 0 Å². The van der Waals surface area contributed by atoms with Crippen LogP contribution in [0.1, 0.15) is 124 Å². The molecule has 0 unspecified atom stereocenters. The smallest absolute Gasteiger partial charge is 0.0636 e. The zero-order chi connectivity index (χ0) is 34.4. The number of benzene rings is 4. The summed E-state index contributed by atoms with van der Waals surface area (Å²) in [5.41, 5.74) is 6.92. The molecule has 0 heterocycles. The average Bonchev–Trinajstić information content (AvgIpc) is 3.14. The van der Waals surface area contributed by atoms with E-state index in [1.165, 1.54) is 88.2 Å². The minimum Gasteiger partial charge on any atom is -0.0778 e. The predicted molar refractivity (Wildman–Crippen MR) is 227 cm³/mol. The first-order valence-corrected chi connectivity index (χ1v) is 19.5. The van der Waals surface area contributed by atoms with E-state index in [1.54, 1.807) is 0 Å². The van der Waals surface area contributed by atoms with Gasteiger partial charge in [0.25, 0.3) is 0 Å². The largest absolute Gasteiger partial charge is 0.0778 e. The van der Waals surface area contributed by atoms with Crippen LogP contribution in [0.2, 0.25) is 0 Å². The van der Waals surface area contributed by atoms with Crippen LogP contribution in [0.15, 0.2) is 109 Å². The normalized spacial score (nSPS) is 10.3. The van der Waals surface area contributed by atoms with Crippen LogP contribution in [0.4, 0.5) is 0 Å². The van der Waals surface area contributed by atoms with Gasteiger partial charge in [0.1, 0.15) is 0 Å². The van der Waals surface area contributed by atoms with E-state index in [0.29, 0.717) is 0 Å². The van der Waals surface area contributed by atoms with Gasteiger partial charge in [0.2, 0.25) is 0 Å². The summed E-state index contributed by atoms with van der Waals surface area (Å²) in [5.74, 6) is 0. The van der Waals surface area contributed by atoms with Crippen LogP contribution in [0.5, 0.6) is 0 Å². The molecular formula is C44H52NiS4. The van der Waals surface area contributed by atoms with Gasteiger partial charge in [-0.25, -0.2) is 0 Å². The van der Waals surface area contributed by atoms with Crippen molar-refractivity contribution in [2.24, 2.45) is 0 Å². The molecule has 0 nitrogen and oxygen atoms in total. The van der Waals surface area contributed by atoms with Crippen LogP contribution < -0.4 is 0 Å². The Bertz CT molecular complexity index is 1410. The van der Waals surface area contributed by atoms with Crippen LogP contribution >= 0.6 is 48.9 Å². The molecule has 0 aliphatic rings. The molecule has 0 atom stereocenters. The Balaban J connectivity index is 0.000000333. The van der Waals surface area contributed by atoms with Crippen molar-refractivity contribution >= 4 is 68.3 Å². The molecule has 0 aliphatic carbocycles. The zero-order valence-electron chi connectivity index (χ0n) is 29.2. The summed E-state index contributed by atoms with van der Waals surface area (Å²) in [5, 5.41) is 0. The van der Waals surface area contributed by atoms with Crippen molar-refractivity contribution in [2.75, 3.05) is 0 Å². The van der Waals surface area contributed by atoms with E-state index >= 15 is 0 Å². The molecule has 262 valence electrons. The SMILES string of the molecule is CCCCCCCCc1ccc(C(=S)C(=S)c2ccccc2)cc1.CCCCCCCCc1ccc(C(=S)C(=S)c2ccccc2)cc1.[Ni]. The summed E-state index contributed by atoms with van der Waals surface area (Å²) >= 11 is 22.2. The van der Waals surface area contributed by atoms with Crippen molar-refractivity contribution in [3.05, 3.63) is 143 Å². The van der Waals surface area contributed by atoms with Gasteiger partial charge in [-0.1, -0.05) is 236 Å². The topological polar surface area (TPSA) is 0 Å². The third kappa shape index (κ3) is 16.1. The molecule has 0 bridgehead atoms. The fourth-order valence-corrected chi connectivity index (χ4v) is 6.58. The van der Waals surface area contributed by atoms with Crippen molar-refractivity contribution in [3.63, 3.8) is 0 Å². The molecule has 0 amide bonds. The second-order valence-electron chi connectivity index (χ2n) is 12.5. The second kappa shape index (κ2) is 25.6. The van der Waals surface area contributed by atoms with Gasteiger partial charge < -0.3 is 0 Å². The zero-order valence-corrected chi connectivity index (χ0v) is 33.5. The van der Waals surface area contributed by atoms with Gasteiger partial charge in [-0.3, -0.25) is 0 Å². The molecule has 0 N–H and O–H groups in total. The molecule has 0 radical (unpaired) electrons. The first kappa shape index (κ1) is 42.9. The van der Waals surface area contributed by atoms with E-state index < -0.39 is 0 Å². The number of hydrogen-bond donors (Lipinski definition) is 0. The van der Waals surface area contributed by atoms with Gasteiger partial charge in [0.05, 0.1) is 19.5 Å². The Labute approximate surface area is 328 Å². The molecule has 0 fully saturated rings. The van der Waals surface area contributed by atoms with Crippen molar-refractivity contribution < 1.29 is 16.5 Å². The van der Waals surface area contributed by atoms with E-state index in [9.17, 15) is 0 Å². The Morgan fingerprint density at radius 1 is 0.347 bits per heavy atom. The molecule has 5 heteroatoms. The molecule has 49 heavy (non-hydrogen) atoms. The van der Waals surface area contributed by atoms with Crippen molar-refractivity contribution in [3.8, 4) is 0 Å². The van der Waals surface area contributed by atoms with Crippen molar-refractivity contribution in [1.29, 1.82) is 0 Å². The maximum absolute atomic E-state index is 5.57. The first-order chi connectivity index (χ1) is 23.4. The maximum atomic E-state index is 5.57. The molecule has 0 aromatic heterocycles. The maximum Gasteiger partial charge on any atom is 0.0636 e.